The monoisotopic (exact) mass is 391 g/mol. The van der Waals surface area contributed by atoms with Gasteiger partial charge in [-0.15, -0.1) is 11.6 Å². The number of hydrogen-bond acceptors (Lipinski definition) is 1. The summed E-state index contributed by atoms with van der Waals surface area (Å²) in [4.78, 5) is 0. The number of halogens is 2. The van der Waals surface area contributed by atoms with Crippen molar-refractivity contribution in [2.45, 2.75) is 0 Å². The van der Waals surface area contributed by atoms with E-state index in [2.05, 4.69) is 25.8 Å². The van der Waals surface area contributed by atoms with Crippen molar-refractivity contribution in [3.63, 3.8) is 0 Å². The molecule has 0 radical (unpaired) electrons. The summed E-state index contributed by atoms with van der Waals surface area (Å²) in [5.74, 6) is 0. The first-order chi connectivity index (χ1) is 5.39. The quantitative estimate of drug-likeness (QED) is 0.378. The van der Waals surface area contributed by atoms with Crippen LogP contribution in [0.15, 0.2) is 24.3 Å². The van der Waals surface area contributed by atoms with Gasteiger partial charge in [0.05, 0.1) is 0 Å². The van der Waals surface area contributed by atoms with E-state index in [1.165, 1.54) is 14.8 Å². The standard InChI is InChI=1S/C6H4Cl.CN.Cu.HI.Zn/c7-6-4-2-1-3-5-6;1-2;;;/h2-5H;;;1H;/q2*-1;+1;;+2/p-1. The van der Waals surface area contributed by atoms with E-state index in [0.29, 0.717) is 0 Å². The van der Waals surface area contributed by atoms with Crippen molar-refractivity contribution in [3.8, 4) is 0 Å². The van der Waals surface area contributed by atoms with Crippen molar-refractivity contribution in [1.29, 1.82) is 5.26 Å². The molecular formula is C7H4ClCuINZn. The summed E-state index contributed by atoms with van der Waals surface area (Å²) in [5, 5.41) is 7.01. The van der Waals surface area contributed by atoms with Crippen LogP contribution in [0, 0.1) is 17.9 Å². The average molecular weight is 393 g/mol. The van der Waals surface area contributed by atoms with E-state index >= 15 is 0 Å². The molecule has 0 heterocycles. The van der Waals surface area contributed by atoms with Crippen LogP contribution in [0.3, 0.4) is 0 Å². The average Bonchev–Trinajstić information content (AvgIpc) is 2.13. The second-order valence-electron chi connectivity index (χ2n) is 1.22. The van der Waals surface area contributed by atoms with Crippen molar-refractivity contribution in [2.75, 3.05) is 0 Å². The van der Waals surface area contributed by atoms with Gasteiger partial charge in [0.2, 0.25) is 0 Å². The molecule has 12 heavy (non-hydrogen) atoms. The molecule has 0 saturated carbocycles. The van der Waals surface area contributed by atoms with Crippen LogP contribution >= 0.6 is 31.4 Å². The predicted molar refractivity (Wildman–Crippen MR) is 49.3 cm³/mol. The van der Waals surface area contributed by atoms with Gasteiger partial charge in [0.25, 0.3) is 0 Å². The molecule has 0 aliphatic heterocycles. The van der Waals surface area contributed by atoms with E-state index in [1.54, 1.807) is 24.3 Å². The topological polar surface area (TPSA) is 23.8 Å². The minimum absolute atomic E-state index is 0. The fraction of sp³-hybridized carbons (Fsp3) is 0. The number of benzene rings is 1. The van der Waals surface area contributed by atoms with E-state index in [4.69, 9.17) is 23.4 Å². The molecular weight excluding hydrogens is 389 g/mol. The molecule has 0 saturated heterocycles. The molecule has 0 fully saturated rings. The molecule has 1 nitrogen and oxygen atoms in total. The van der Waals surface area contributed by atoms with Crippen LogP contribution in [0.4, 0.5) is 0 Å². The first-order valence-corrected chi connectivity index (χ1v) is 11.9. The zero-order chi connectivity index (χ0) is 9.11. The maximum atomic E-state index is 6.25. The molecule has 0 N–H and O–H groups in total. The van der Waals surface area contributed by atoms with E-state index in [0.717, 1.165) is 5.02 Å². The first-order valence-electron chi connectivity index (χ1n) is 2.50. The molecule has 1 rings (SSSR count). The van der Waals surface area contributed by atoms with Crippen LogP contribution in [-0.2, 0) is 31.9 Å². The van der Waals surface area contributed by atoms with Crippen molar-refractivity contribution >= 4 is 31.4 Å². The van der Waals surface area contributed by atoms with Gasteiger partial charge in [0.1, 0.15) is 0 Å². The van der Waals surface area contributed by atoms with Gasteiger partial charge in [0.15, 0.2) is 0 Å². The summed E-state index contributed by atoms with van der Waals surface area (Å²) < 4.78 is 0. The SMILES string of the molecule is Clc1cc[c-]cc1.[C-]#N.[Cu+].[Zn+][I]. The predicted octanol–water partition coefficient (Wildman–Crippen LogP) is 3.12. The second kappa shape index (κ2) is 17.8. The molecule has 0 atom stereocenters. The number of nitrogens with zero attached hydrogens (tertiary/aromatic N) is 1. The normalized spacial score (nSPS) is 5.83. The van der Waals surface area contributed by atoms with Crippen LogP contribution in [0.25, 0.3) is 0 Å². The third-order valence-corrected chi connectivity index (χ3v) is 0.930. The van der Waals surface area contributed by atoms with Gasteiger partial charge in [-0.2, -0.15) is 30.3 Å². The summed E-state index contributed by atoms with van der Waals surface area (Å²) in [6.07, 6.45) is 0. The van der Waals surface area contributed by atoms with E-state index in [9.17, 15) is 0 Å². The Morgan fingerprint density at radius 3 is 1.83 bits per heavy atom. The third kappa shape index (κ3) is 13.5. The Kier molecular flexibility index (Phi) is 27.7. The van der Waals surface area contributed by atoms with Gasteiger partial charge in [-0.3, -0.25) is 0 Å². The molecule has 0 unspecified atom stereocenters. The molecule has 0 amide bonds. The molecule has 0 bridgehead atoms. The Hall–Kier alpha value is 0.873. The Morgan fingerprint density at radius 2 is 1.67 bits per heavy atom. The van der Waals surface area contributed by atoms with Gasteiger partial charge in [-0.25, -0.2) is 0 Å². The van der Waals surface area contributed by atoms with E-state index in [-0.39, 0.29) is 17.1 Å². The van der Waals surface area contributed by atoms with Crippen molar-refractivity contribution < 1.29 is 31.9 Å². The number of hydrogen-bond donors (Lipinski definition) is 0. The zero-order valence-electron chi connectivity index (χ0n) is 6.02. The molecule has 5 heteroatoms. The van der Waals surface area contributed by atoms with Gasteiger partial charge in [0, 0.05) is 0 Å². The van der Waals surface area contributed by atoms with Crippen LogP contribution in [-0.4, -0.2) is 0 Å². The third-order valence-electron chi connectivity index (χ3n) is 0.678. The van der Waals surface area contributed by atoms with Gasteiger partial charge >= 0.3 is 51.6 Å². The Balaban J connectivity index is -0.000000144. The first kappa shape index (κ1) is 18.6. The molecule has 64 valence electrons. The summed E-state index contributed by atoms with van der Waals surface area (Å²) in [6.45, 7) is 4.75. The van der Waals surface area contributed by atoms with Crippen molar-refractivity contribution in [1.82, 2.24) is 0 Å². The van der Waals surface area contributed by atoms with Gasteiger partial charge < -0.3 is 11.8 Å². The summed E-state index contributed by atoms with van der Waals surface area (Å²) in [7, 11) is 0. The second-order valence-corrected chi connectivity index (χ2v) is 1.65. The molecule has 0 spiro atoms. The van der Waals surface area contributed by atoms with Gasteiger partial charge in [-0.1, -0.05) is 5.02 Å². The van der Waals surface area contributed by atoms with E-state index in [1.807, 2.05) is 0 Å². The fourth-order valence-electron chi connectivity index (χ4n) is 0.367. The fourth-order valence-corrected chi connectivity index (χ4v) is 0.493. The van der Waals surface area contributed by atoms with E-state index < -0.39 is 0 Å². The minimum atomic E-state index is 0. The molecule has 0 aliphatic carbocycles. The maximum absolute atomic E-state index is 6.25. The van der Waals surface area contributed by atoms with Crippen molar-refractivity contribution in [2.24, 2.45) is 0 Å². The molecule has 0 aromatic heterocycles. The Bertz CT molecular complexity index is 183. The molecule has 0 aliphatic rings. The molecule has 1 aromatic rings. The van der Waals surface area contributed by atoms with Gasteiger partial charge in [-0.05, 0) is 0 Å². The Morgan fingerprint density at radius 1 is 1.33 bits per heavy atom. The van der Waals surface area contributed by atoms with Crippen LogP contribution in [0.5, 0.6) is 0 Å². The van der Waals surface area contributed by atoms with Crippen LogP contribution in [0.1, 0.15) is 0 Å². The van der Waals surface area contributed by atoms with Crippen LogP contribution < -0.4 is 0 Å². The summed E-state index contributed by atoms with van der Waals surface area (Å²) in [5.41, 5.74) is 0. The molecule has 1 aromatic carbocycles. The zero-order valence-corrected chi connectivity index (χ0v) is 12.8. The summed E-state index contributed by atoms with van der Waals surface area (Å²) in [6, 6.07) is 10.00. The van der Waals surface area contributed by atoms with Crippen molar-refractivity contribution in [3.05, 3.63) is 41.9 Å². The Labute approximate surface area is 109 Å². The number of rotatable bonds is 0. The van der Waals surface area contributed by atoms with Crippen LogP contribution in [0.2, 0.25) is 5.02 Å². The summed E-state index contributed by atoms with van der Waals surface area (Å²) >= 11 is 9.14.